The second-order valence-electron chi connectivity index (χ2n) is 3.58. The number of halogens is 1. The van der Waals surface area contributed by atoms with Crippen LogP contribution in [0.2, 0.25) is 0 Å². The summed E-state index contributed by atoms with van der Waals surface area (Å²) in [6, 6.07) is 9.62. The van der Waals surface area contributed by atoms with Gasteiger partial charge in [-0.05, 0) is 41.5 Å². The summed E-state index contributed by atoms with van der Waals surface area (Å²) in [6.07, 6.45) is 0. The Balaban J connectivity index is 2.60. The summed E-state index contributed by atoms with van der Waals surface area (Å²) in [6.45, 7) is 0. The maximum absolute atomic E-state index is 13.2. The molecule has 0 saturated heterocycles. The normalized spacial score (nSPS) is 9.88. The molecule has 0 aliphatic rings. The van der Waals surface area contributed by atoms with Gasteiger partial charge in [-0.1, -0.05) is 0 Å². The predicted molar refractivity (Wildman–Crippen MR) is 59.9 cm³/mol. The van der Waals surface area contributed by atoms with E-state index < -0.39 is 5.82 Å². The maximum Gasteiger partial charge on any atom is 0.125 e. The van der Waals surface area contributed by atoms with Gasteiger partial charge in [0, 0.05) is 6.07 Å². The molecule has 0 spiro atoms. The number of nitriles is 1. The third-order valence-electron chi connectivity index (χ3n) is 2.26. The van der Waals surface area contributed by atoms with Crippen LogP contribution in [-0.2, 0) is 0 Å². The number of nitrogens with zero attached hydrogens (tertiary/aromatic N) is 1. The second-order valence-corrected chi connectivity index (χ2v) is 3.58. The monoisotopic (exact) mass is 229 g/mol. The van der Waals surface area contributed by atoms with Gasteiger partial charge in [0.2, 0.25) is 0 Å². The van der Waals surface area contributed by atoms with Crippen molar-refractivity contribution in [1.82, 2.24) is 0 Å². The molecule has 17 heavy (non-hydrogen) atoms. The molecule has 0 aliphatic heterocycles. The predicted octanol–water partition coefficient (Wildman–Crippen LogP) is 2.78. The van der Waals surface area contributed by atoms with Gasteiger partial charge in [0.1, 0.15) is 17.3 Å². The fourth-order valence-corrected chi connectivity index (χ4v) is 1.58. The first-order chi connectivity index (χ1) is 8.08. The van der Waals surface area contributed by atoms with Crippen LogP contribution in [0.15, 0.2) is 36.4 Å². The molecule has 0 fully saturated rings. The van der Waals surface area contributed by atoms with Crippen molar-refractivity contribution in [3.63, 3.8) is 0 Å². The maximum atomic E-state index is 13.2. The number of hydrogen-bond donors (Lipinski definition) is 2. The van der Waals surface area contributed by atoms with Gasteiger partial charge in [0.05, 0.1) is 11.6 Å². The Morgan fingerprint density at radius 2 is 1.47 bits per heavy atom. The van der Waals surface area contributed by atoms with Gasteiger partial charge in [0.15, 0.2) is 0 Å². The Morgan fingerprint density at radius 1 is 0.882 bits per heavy atom. The van der Waals surface area contributed by atoms with Crippen LogP contribution < -0.4 is 0 Å². The zero-order chi connectivity index (χ0) is 12.4. The van der Waals surface area contributed by atoms with Crippen LogP contribution in [0, 0.1) is 17.1 Å². The summed E-state index contributed by atoms with van der Waals surface area (Å²) in [5, 5.41) is 27.4. The van der Waals surface area contributed by atoms with Crippen LogP contribution in [0.4, 0.5) is 4.39 Å². The summed E-state index contributed by atoms with van der Waals surface area (Å²) in [5.74, 6) is -0.785. The molecule has 2 aromatic rings. The minimum atomic E-state index is -0.540. The first-order valence-electron chi connectivity index (χ1n) is 4.82. The average molecular weight is 229 g/mol. The van der Waals surface area contributed by atoms with Crippen molar-refractivity contribution in [1.29, 1.82) is 5.26 Å². The number of benzene rings is 2. The largest absolute Gasteiger partial charge is 0.508 e. The topological polar surface area (TPSA) is 64.2 Å². The molecule has 0 aromatic heterocycles. The Hall–Kier alpha value is -2.54. The summed E-state index contributed by atoms with van der Waals surface area (Å²) < 4.78 is 13.2. The Morgan fingerprint density at radius 3 is 2.06 bits per heavy atom. The highest BCUT2D eigenvalue weighted by Crippen LogP contribution is 2.29. The fraction of sp³-hybridized carbons (Fsp3) is 0. The average Bonchev–Trinajstić information content (AvgIpc) is 2.26. The van der Waals surface area contributed by atoms with E-state index in [4.69, 9.17) is 5.26 Å². The van der Waals surface area contributed by atoms with Crippen molar-refractivity contribution in [3.8, 4) is 28.7 Å². The van der Waals surface area contributed by atoms with E-state index in [-0.39, 0.29) is 17.1 Å². The van der Waals surface area contributed by atoms with E-state index in [1.165, 1.54) is 30.3 Å². The fourth-order valence-electron chi connectivity index (χ4n) is 1.58. The van der Waals surface area contributed by atoms with Gasteiger partial charge in [0.25, 0.3) is 0 Å². The highest BCUT2D eigenvalue weighted by atomic mass is 19.1. The summed E-state index contributed by atoms with van der Waals surface area (Å²) in [7, 11) is 0. The molecular formula is C13H8FNO2. The van der Waals surface area contributed by atoms with E-state index in [1.54, 1.807) is 0 Å². The molecule has 0 amide bonds. The smallest absolute Gasteiger partial charge is 0.125 e. The molecule has 3 nitrogen and oxygen atoms in total. The SMILES string of the molecule is N#Cc1cc(F)cc(-c2cc(O)cc(O)c2)c1. The van der Waals surface area contributed by atoms with Crippen molar-refractivity contribution >= 4 is 0 Å². The van der Waals surface area contributed by atoms with Crippen LogP contribution in [0.25, 0.3) is 11.1 Å². The zero-order valence-electron chi connectivity index (χ0n) is 8.68. The van der Waals surface area contributed by atoms with Crippen LogP contribution in [0.5, 0.6) is 11.5 Å². The molecule has 2 N–H and O–H groups in total. The summed E-state index contributed by atoms with van der Waals surface area (Å²) >= 11 is 0. The van der Waals surface area contributed by atoms with Gasteiger partial charge in [-0.3, -0.25) is 0 Å². The highest BCUT2D eigenvalue weighted by molar-refractivity contribution is 5.68. The molecule has 2 rings (SSSR count). The molecule has 0 heterocycles. The van der Waals surface area contributed by atoms with Crippen molar-refractivity contribution in [2.45, 2.75) is 0 Å². The Kier molecular flexibility index (Phi) is 2.67. The number of aromatic hydroxyl groups is 2. The molecule has 0 bridgehead atoms. The standard InChI is InChI=1S/C13H8FNO2/c14-11-2-8(7-15)1-9(3-11)10-4-12(16)6-13(17)5-10/h1-6,16-17H. The molecule has 0 atom stereocenters. The lowest BCUT2D eigenvalue weighted by Crippen LogP contribution is -1.84. The van der Waals surface area contributed by atoms with E-state index in [1.807, 2.05) is 6.07 Å². The first-order valence-corrected chi connectivity index (χ1v) is 4.82. The number of phenols is 2. The third-order valence-corrected chi connectivity index (χ3v) is 2.26. The quantitative estimate of drug-likeness (QED) is 0.790. The minimum absolute atomic E-state index is 0.122. The minimum Gasteiger partial charge on any atom is -0.508 e. The van der Waals surface area contributed by atoms with Crippen molar-refractivity contribution in [2.75, 3.05) is 0 Å². The van der Waals surface area contributed by atoms with Gasteiger partial charge >= 0.3 is 0 Å². The molecule has 2 aromatic carbocycles. The molecule has 4 heteroatoms. The molecule has 0 saturated carbocycles. The Labute approximate surface area is 97.0 Å². The van der Waals surface area contributed by atoms with E-state index in [0.29, 0.717) is 11.1 Å². The van der Waals surface area contributed by atoms with Crippen LogP contribution in [-0.4, -0.2) is 10.2 Å². The zero-order valence-corrected chi connectivity index (χ0v) is 8.68. The first kappa shape index (κ1) is 11.0. The van der Waals surface area contributed by atoms with Gasteiger partial charge < -0.3 is 10.2 Å². The number of hydrogen-bond acceptors (Lipinski definition) is 3. The van der Waals surface area contributed by atoms with Crippen molar-refractivity contribution < 1.29 is 14.6 Å². The lowest BCUT2D eigenvalue weighted by atomic mass is 10.0. The summed E-state index contributed by atoms with van der Waals surface area (Å²) in [5.41, 5.74) is 1.05. The molecule has 0 aliphatic carbocycles. The van der Waals surface area contributed by atoms with E-state index in [2.05, 4.69) is 0 Å². The molecular weight excluding hydrogens is 221 g/mol. The highest BCUT2D eigenvalue weighted by Gasteiger charge is 2.05. The lowest BCUT2D eigenvalue weighted by Gasteiger charge is -2.04. The van der Waals surface area contributed by atoms with Crippen molar-refractivity contribution in [2.24, 2.45) is 0 Å². The van der Waals surface area contributed by atoms with Crippen LogP contribution in [0.3, 0.4) is 0 Å². The third kappa shape index (κ3) is 2.34. The van der Waals surface area contributed by atoms with Crippen molar-refractivity contribution in [3.05, 3.63) is 47.8 Å². The van der Waals surface area contributed by atoms with Crippen LogP contribution >= 0.6 is 0 Å². The molecule has 0 radical (unpaired) electrons. The van der Waals surface area contributed by atoms with Gasteiger partial charge in [-0.15, -0.1) is 0 Å². The number of phenolic OH excluding ortho intramolecular Hbond substituents is 2. The summed E-state index contributed by atoms with van der Waals surface area (Å²) in [4.78, 5) is 0. The number of rotatable bonds is 1. The van der Waals surface area contributed by atoms with E-state index in [0.717, 1.165) is 6.07 Å². The van der Waals surface area contributed by atoms with E-state index in [9.17, 15) is 14.6 Å². The van der Waals surface area contributed by atoms with Gasteiger partial charge in [-0.25, -0.2) is 4.39 Å². The lowest BCUT2D eigenvalue weighted by molar-refractivity contribution is 0.451. The molecule has 0 unspecified atom stereocenters. The van der Waals surface area contributed by atoms with E-state index >= 15 is 0 Å². The second kappa shape index (κ2) is 4.14. The Bertz CT molecular complexity index is 597. The van der Waals surface area contributed by atoms with Crippen LogP contribution in [0.1, 0.15) is 5.56 Å². The molecule has 84 valence electrons. The van der Waals surface area contributed by atoms with Gasteiger partial charge in [-0.2, -0.15) is 5.26 Å².